The molecule has 4 rings (SSSR count). The van der Waals surface area contributed by atoms with Crippen LogP contribution in [0.25, 0.3) is 11.0 Å². The number of carbonyl (C=O) groups is 1. The van der Waals surface area contributed by atoms with Gasteiger partial charge in [0.1, 0.15) is 0 Å². The Morgan fingerprint density at radius 2 is 2.10 bits per heavy atom. The number of amides is 1. The fourth-order valence-electron chi connectivity index (χ4n) is 4.65. The van der Waals surface area contributed by atoms with Crippen LogP contribution >= 0.6 is 0 Å². The Hall–Kier alpha value is -3.13. The molecule has 1 amide bonds. The van der Waals surface area contributed by atoms with Crippen LogP contribution in [0.5, 0.6) is 0 Å². The molecule has 0 radical (unpaired) electrons. The van der Waals surface area contributed by atoms with Crippen molar-refractivity contribution in [3.05, 3.63) is 65.0 Å². The third-order valence-electron chi connectivity index (χ3n) is 6.35. The summed E-state index contributed by atoms with van der Waals surface area (Å²) in [6.45, 7) is 7.39. The van der Waals surface area contributed by atoms with Crippen molar-refractivity contribution in [2.45, 2.75) is 52.5 Å². The number of nitriles is 1. The third kappa shape index (κ3) is 3.70. The molecule has 1 unspecified atom stereocenters. The number of hydrogen-bond acceptors (Lipinski definition) is 3. The van der Waals surface area contributed by atoms with Gasteiger partial charge in [-0.2, -0.15) is 5.26 Å². The van der Waals surface area contributed by atoms with E-state index in [2.05, 4.69) is 47.8 Å². The van der Waals surface area contributed by atoms with E-state index in [1.54, 1.807) is 6.33 Å². The Morgan fingerprint density at radius 3 is 2.87 bits per heavy atom. The number of nitrogens with one attached hydrogen (secondary N) is 1. The number of nitrogens with zero attached hydrogens (tertiary/aromatic N) is 3. The zero-order valence-corrected chi connectivity index (χ0v) is 17.9. The van der Waals surface area contributed by atoms with Crippen LogP contribution in [0.15, 0.2) is 42.7 Å². The van der Waals surface area contributed by atoms with Gasteiger partial charge in [0.05, 0.1) is 29.0 Å². The average molecular weight is 401 g/mol. The zero-order chi connectivity index (χ0) is 21.3. The third-order valence-corrected chi connectivity index (χ3v) is 6.35. The van der Waals surface area contributed by atoms with Crippen LogP contribution in [0.2, 0.25) is 0 Å². The molecule has 30 heavy (non-hydrogen) atoms. The highest BCUT2D eigenvalue weighted by Gasteiger charge is 2.40. The lowest BCUT2D eigenvalue weighted by Crippen LogP contribution is -2.52. The second-order valence-electron chi connectivity index (χ2n) is 8.97. The Bertz CT molecular complexity index is 1120. The minimum Gasteiger partial charge on any atom is -0.345 e. The molecule has 1 N–H and O–H groups in total. The first-order chi connectivity index (χ1) is 14.4. The Labute approximate surface area is 177 Å². The van der Waals surface area contributed by atoms with Gasteiger partial charge in [0.25, 0.3) is 5.91 Å². The predicted molar refractivity (Wildman–Crippen MR) is 118 cm³/mol. The normalized spacial score (nSPS) is 17.3. The molecule has 0 spiro atoms. The van der Waals surface area contributed by atoms with Crippen LogP contribution in [0.4, 0.5) is 0 Å². The maximum absolute atomic E-state index is 13.7. The minimum atomic E-state index is -0.0529. The van der Waals surface area contributed by atoms with Gasteiger partial charge in [0.2, 0.25) is 0 Å². The SMILES string of the molecule is CCCCN(C(=O)c1ccc2nc[nH]c2c1)C1Cc2cc(C#N)ccc2CC1(C)C. The number of unbranched alkanes of at least 4 members (excludes halogenated alkanes) is 1. The van der Waals surface area contributed by atoms with E-state index < -0.39 is 0 Å². The smallest absolute Gasteiger partial charge is 0.254 e. The lowest BCUT2D eigenvalue weighted by molar-refractivity contribution is 0.0452. The van der Waals surface area contributed by atoms with Crippen molar-refractivity contribution in [3.63, 3.8) is 0 Å². The first kappa shape index (κ1) is 20.2. The fraction of sp³-hybridized carbons (Fsp3) is 0.400. The first-order valence-electron chi connectivity index (χ1n) is 10.7. The molecule has 0 fully saturated rings. The highest BCUT2D eigenvalue weighted by Crippen LogP contribution is 2.39. The largest absolute Gasteiger partial charge is 0.345 e. The van der Waals surface area contributed by atoms with Crippen molar-refractivity contribution >= 4 is 16.9 Å². The van der Waals surface area contributed by atoms with Gasteiger partial charge in [0.15, 0.2) is 0 Å². The lowest BCUT2D eigenvalue weighted by atomic mass is 9.69. The summed E-state index contributed by atoms with van der Waals surface area (Å²) in [7, 11) is 0. The summed E-state index contributed by atoms with van der Waals surface area (Å²) in [5.74, 6) is 0.0675. The Balaban J connectivity index is 1.71. The summed E-state index contributed by atoms with van der Waals surface area (Å²) >= 11 is 0. The van der Waals surface area contributed by atoms with Crippen molar-refractivity contribution in [2.75, 3.05) is 6.54 Å². The molecule has 1 aliphatic rings. The summed E-state index contributed by atoms with van der Waals surface area (Å²) in [5, 5.41) is 9.32. The highest BCUT2D eigenvalue weighted by atomic mass is 16.2. The number of fused-ring (bicyclic) bond motifs is 2. The monoisotopic (exact) mass is 400 g/mol. The van der Waals surface area contributed by atoms with Crippen molar-refractivity contribution in [3.8, 4) is 6.07 Å². The summed E-state index contributed by atoms with van der Waals surface area (Å²) in [6.07, 6.45) is 5.33. The molecular weight excluding hydrogens is 372 g/mol. The van der Waals surface area contributed by atoms with E-state index >= 15 is 0 Å². The fourth-order valence-corrected chi connectivity index (χ4v) is 4.65. The molecule has 1 aromatic heterocycles. The van der Waals surface area contributed by atoms with E-state index in [-0.39, 0.29) is 17.4 Å². The van der Waals surface area contributed by atoms with Crippen LogP contribution in [0.3, 0.4) is 0 Å². The number of H-pyrrole nitrogens is 1. The van der Waals surface area contributed by atoms with E-state index in [1.807, 2.05) is 30.3 Å². The topological polar surface area (TPSA) is 72.8 Å². The van der Waals surface area contributed by atoms with Crippen LogP contribution in [0.1, 0.15) is 60.7 Å². The van der Waals surface area contributed by atoms with Crippen molar-refractivity contribution in [1.29, 1.82) is 5.26 Å². The van der Waals surface area contributed by atoms with Crippen LogP contribution in [-0.4, -0.2) is 33.4 Å². The average Bonchev–Trinajstić information content (AvgIpc) is 3.21. The Kier molecular flexibility index (Phi) is 5.34. The van der Waals surface area contributed by atoms with E-state index in [9.17, 15) is 10.1 Å². The molecular formula is C25H28N4O. The molecule has 2 aromatic carbocycles. The van der Waals surface area contributed by atoms with E-state index in [1.165, 1.54) is 11.1 Å². The maximum atomic E-state index is 13.7. The van der Waals surface area contributed by atoms with Gasteiger partial charge in [-0.05, 0) is 66.1 Å². The van der Waals surface area contributed by atoms with Crippen LogP contribution in [0, 0.1) is 16.7 Å². The molecule has 1 atom stereocenters. The number of benzene rings is 2. The number of carbonyl (C=O) groups excluding carboxylic acids is 1. The van der Waals surface area contributed by atoms with Gasteiger partial charge in [-0.3, -0.25) is 4.79 Å². The lowest BCUT2D eigenvalue weighted by Gasteiger charge is -2.46. The molecule has 5 heteroatoms. The minimum absolute atomic E-state index is 0.0529. The number of aromatic amines is 1. The van der Waals surface area contributed by atoms with Gasteiger partial charge in [-0.25, -0.2) is 4.98 Å². The molecule has 0 saturated heterocycles. The number of imidazole rings is 1. The molecule has 0 saturated carbocycles. The quantitative estimate of drug-likeness (QED) is 0.664. The van der Waals surface area contributed by atoms with Gasteiger partial charge in [0, 0.05) is 18.2 Å². The number of hydrogen-bond donors (Lipinski definition) is 1. The Morgan fingerprint density at radius 1 is 1.27 bits per heavy atom. The number of aromatic nitrogens is 2. The molecule has 154 valence electrons. The van der Waals surface area contributed by atoms with Gasteiger partial charge in [-0.15, -0.1) is 0 Å². The second kappa shape index (κ2) is 7.95. The molecule has 1 aliphatic carbocycles. The van der Waals surface area contributed by atoms with Crippen molar-refractivity contribution in [1.82, 2.24) is 14.9 Å². The van der Waals surface area contributed by atoms with Gasteiger partial charge < -0.3 is 9.88 Å². The molecule has 0 aliphatic heterocycles. The zero-order valence-electron chi connectivity index (χ0n) is 17.9. The molecule has 5 nitrogen and oxygen atoms in total. The highest BCUT2D eigenvalue weighted by molar-refractivity contribution is 5.97. The van der Waals surface area contributed by atoms with E-state index in [4.69, 9.17) is 0 Å². The molecule has 0 bridgehead atoms. The summed E-state index contributed by atoms with van der Waals surface area (Å²) in [5.41, 5.74) is 5.54. The van der Waals surface area contributed by atoms with Crippen molar-refractivity contribution < 1.29 is 4.79 Å². The van der Waals surface area contributed by atoms with Crippen molar-refractivity contribution in [2.24, 2.45) is 5.41 Å². The summed E-state index contributed by atoms with van der Waals surface area (Å²) in [6, 6.07) is 14.0. The van der Waals surface area contributed by atoms with E-state index in [0.717, 1.165) is 43.3 Å². The number of rotatable bonds is 5. The molecule has 3 aromatic rings. The summed E-state index contributed by atoms with van der Waals surface area (Å²) < 4.78 is 0. The first-order valence-corrected chi connectivity index (χ1v) is 10.7. The van der Waals surface area contributed by atoms with Gasteiger partial charge >= 0.3 is 0 Å². The maximum Gasteiger partial charge on any atom is 0.254 e. The predicted octanol–water partition coefficient (Wildman–Crippen LogP) is 4.87. The van der Waals surface area contributed by atoms with Gasteiger partial charge in [-0.1, -0.05) is 33.3 Å². The standard InChI is InChI=1S/C25H28N4O/c1-4-5-10-29(24(30)18-8-9-21-22(12-18)28-16-27-21)23-13-20-11-17(15-26)6-7-19(20)14-25(23,2)3/h6-9,11-12,16,23H,4-5,10,13-14H2,1-3H3,(H,27,28). The second-order valence-corrected chi connectivity index (χ2v) is 8.97. The summed E-state index contributed by atoms with van der Waals surface area (Å²) in [4.78, 5) is 23.1. The molecule has 1 heterocycles. The van der Waals surface area contributed by atoms with E-state index in [0.29, 0.717) is 11.1 Å². The van der Waals surface area contributed by atoms with Crippen LogP contribution < -0.4 is 0 Å². The van der Waals surface area contributed by atoms with Crippen LogP contribution in [-0.2, 0) is 12.8 Å².